The number of aromatic nitrogens is 2. The molecule has 108 valence electrons. The van der Waals surface area contributed by atoms with Crippen LogP contribution in [-0.2, 0) is 4.74 Å². The number of hydrogen-bond donors (Lipinski definition) is 1. The molecule has 0 bridgehead atoms. The van der Waals surface area contributed by atoms with E-state index in [9.17, 15) is 0 Å². The molecular formula is C14H26N4O. The van der Waals surface area contributed by atoms with Gasteiger partial charge in [-0.05, 0) is 34.2 Å². The molecule has 3 unspecified atom stereocenters. The van der Waals surface area contributed by atoms with Crippen molar-refractivity contribution in [1.82, 2.24) is 14.5 Å². The average molecular weight is 266 g/mol. The van der Waals surface area contributed by atoms with Gasteiger partial charge < -0.3 is 15.0 Å². The van der Waals surface area contributed by atoms with E-state index in [2.05, 4.69) is 42.3 Å². The van der Waals surface area contributed by atoms with Gasteiger partial charge in [0.1, 0.15) is 0 Å². The maximum absolute atomic E-state index is 6.02. The molecule has 2 N–H and O–H groups in total. The zero-order chi connectivity index (χ0) is 14.0. The molecule has 0 saturated carbocycles. The molecule has 0 amide bonds. The van der Waals surface area contributed by atoms with Gasteiger partial charge in [-0.15, -0.1) is 0 Å². The summed E-state index contributed by atoms with van der Waals surface area (Å²) in [4.78, 5) is 6.64. The fourth-order valence-electron chi connectivity index (χ4n) is 2.99. The number of hydrogen-bond acceptors (Lipinski definition) is 4. The number of nitrogens with two attached hydrogens (primary N) is 1. The van der Waals surface area contributed by atoms with Gasteiger partial charge in [-0.3, -0.25) is 4.90 Å². The molecule has 0 aromatic carbocycles. The summed E-state index contributed by atoms with van der Waals surface area (Å²) in [5.41, 5.74) is 7.22. The van der Waals surface area contributed by atoms with Gasteiger partial charge in [-0.25, -0.2) is 4.98 Å². The van der Waals surface area contributed by atoms with Crippen LogP contribution in [0.15, 0.2) is 12.5 Å². The van der Waals surface area contributed by atoms with E-state index in [1.807, 2.05) is 12.5 Å². The summed E-state index contributed by atoms with van der Waals surface area (Å²) < 4.78 is 7.87. The molecule has 0 spiro atoms. The minimum Gasteiger partial charge on any atom is -0.377 e. The number of imidazole rings is 1. The first kappa shape index (κ1) is 14.5. The molecule has 19 heavy (non-hydrogen) atoms. The Labute approximate surface area is 115 Å². The molecular weight excluding hydrogens is 240 g/mol. The summed E-state index contributed by atoms with van der Waals surface area (Å²) in [6, 6.07) is 1.03. The van der Waals surface area contributed by atoms with Gasteiger partial charge in [-0.1, -0.05) is 0 Å². The number of nitrogens with zero attached hydrogens (tertiary/aromatic N) is 3. The van der Waals surface area contributed by atoms with Gasteiger partial charge in [0.2, 0.25) is 0 Å². The Morgan fingerprint density at radius 1 is 1.58 bits per heavy atom. The van der Waals surface area contributed by atoms with Crippen molar-refractivity contribution in [2.75, 3.05) is 20.2 Å². The molecule has 1 aromatic rings. The molecule has 1 saturated heterocycles. The lowest BCUT2D eigenvalue weighted by Gasteiger charge is -2.34. The molecule has 1 fully saturated rings. The lowest BCUT2D eigenvalue weighted by molar-refractivity contribution is 0.0669. The zero-order valence-corrected chi connectivity index (χ0v) is 12.4. The molecule has 3 atom stereocenters. The normalized spacial score (nSPS) is 25.4. The predicted molar refractivity (Wildman–Crippen MR) is 76.0 cm³/mol. The Bertz CT molecular complexity index is 404. The van der Waals surface area contributed by atoms with Crippen LogP contribution in [0.5, 0.6) is 0 Å². The Morgan fingerprint density at radius 2 is 2.32 bits per heavy atom. The number of ether oxygens (including phenoxy) is 1. The largest absolute Gasteiger partial charge is 0.377 e. The smallest absolute Gasteiger partial charge is 0.0951 e. The van der Waals surface area contributed by atoms with E-state index in [1.54, 1.807) is 0 Å². The molecule has 1 aliphatic rings. The van der Waals surface area contributed by atoms with Gasteiger partial charge in [0, 0.05) is 31.4 Å². The molecule has 0 radical (unpaired) electrons. The lowest BCUT2D eigenvalue weighted by atomic mass is 10.1. The topological polar surface area (TPSA) is 56.3 Å². The van der Waals surface area contributed by atoms with Crippen molar-refractivity contribution in [3.63, 3.8) is 0 Å². The third kappa shape index (κ3) is 2.83. The quantitative estimate of drug-likeness (QED) is 0.879. The van der Waals surface area contributed by atoms with Crippen LogP contribution in [0.4, 0.5) is 0 Å². The van der Waals surface area contributed by atoms with Crippen molar-refractivity contribution in [2.24, 2.45) is 5.73 Å². The highest BCUT2D eigenvalue weighted by molar-refractivity contribution is 5.08. The highest BCUT2D eigenvalue weighted by atomic mass is 16.5. The van der Waals surface area contributed by atoms with Crippen molar-refractivity contribution in [2.45, 2.75) is 51.4 Å². The third-order valence-corrected chi connectivity index (χ3v) is 4.17. The van der Waals surface area contributed by atoms with Crippen molar-refractivity contribution >= 4 is 0 Å². The van der Waals surface area contributed by atoms with E-state index in [1.165, 1.54) is 5.69 Å². The Hall–Kier alpha value is -0.910. The predicted octanol–water partition coefficient (Wildman–Crippen LogP) is 1.57. The molecule has 2 heterocycles. The lowest BCUT2D eigenvalue weighted by Crippen LogP contribution is -2.42. The first-order chi connectivity index (χ1) is 9.06. The Balaban J connectivity index is 2.21. The van der Waals surface area contributed by atoms with Crippen LogP contribution < -0.4 is 5.73 Å². The Morgan fingerprint density at radius 3 is 2.84 bits per heavy atom. The van der Waals surface area contributed by atoms with Crippen LogP contribution in [-0.4, -0.2) is 46.8 Å². The second-order valence-corrected chi connectivity index (χ2v) is 5.67. The fourth-order valence-corrected chi connectivity index (χ4v) is 2.99. The summed E-state index contributed by atoms with van der Waals surface area (Å²) in [5, 5.41) is 0. The van der Waals surface area contributed by atoms with E-state index >= 15 is 0 Å². The molecule has 1 aromatic heterocycles. The summed E-state index contributed by atoms with van der Waals surface area (Å²) in [5.74, 6) is 0. The van der Waals surface area contributed by atoms with Crippen LogP contribution in [0.25, 0.3) is 0 Å². The maximum Gasteiger partial charge on any atom is 0.0951 e. The summed E-state index contributed by atoms with van der Waals surface area (Å²) >= 11 is 0. The molecule has 2 rings (SSSR count). The van der Waals surface area contributed by atoms with Crippen LogP contribution in [0.2, 0.25) is 0 Å². The van der Waals surface area contributed by atoms with Crippen molar-refractivity contribution < 1.29 is 4.74 Å². The monoisotopic (exact) mass is 266 g/mol. The SMILES string of the molecule is CC1OCCC1N(C)C(CN)c1cncn1C(C)C. The molecule has 0 aliphatic carbocycles. The van der Waals surface area contributed by atoms with Crippen LogP contribution in [0.3, 0.4) is 0 Å². The summed E-state index contributed by atoms with van der Waals surface area (Å²) in [6.07, 6.45) is 5.18. The average Bonchev–Trinajstić information content (AvgIpc) is 2.98. The minimum absolute atomic E-state index is 0.194. The van der Waals surface area contributed by atoms with Crippen LogP contribution in [0.1, 0.15) is 45.0 Å². The van der Waals surface area contributed by atoms with Crippen molar-refractivity contribution in [1.29, 1.82) is 0 Å². The second-order valence-electron chi connectivity index (χ2n) is 5.67. The van der Waals surface area contributed by atoms with E-state index in [-0.39, 0.29) is 12.1 Å². The van der Waals surface area contributed by atoms with Crippen LogP contribution in [0, 0.1) is 0 Å². The molecule has 1 aliphatic heterocycles. The minimum atomic E-state index is 0.194. The first-order valence-corrected chi connectivity index (χ1v) is 7.11. The van der Waals surface area contributed by atoms with Gasteiger partial charge in [0.15, 0.2) is 0 Å². The highest BCUT2D eigenvalue weighted by Gasteiger charge is 2.33. The highest BCUT2D eigenvalue weighted by Crippen LogP contribution is 2.28. The second kappa shape index (κ2) is 6.03. The number of likely N-dealkylation sites (N-methyl/N-ethyl adjacent to an activating group) is 1. The van der Waals surface area contributed by atoms with Gasteiger partial charge in [0.25, 0.3) is 0 Å². The Kier molecular flexibility index (Phi) is 4.60. The third-order valence-electron chi connectivity index (χ3n) is 4.17. The molecule has 5 nitrogen and oxygen atoms in total. The molecule has 5 heteroatoms. The standard InChI is InChI=1S/C14H26N4O/c1-10(2)18-9-16-8-14(18)13(7-15)17(4)12-5-6-19-11(12)3/h8-13H,5-7,15H2,1-4H3. The maximum atomic E-state index is 6.02. The van der Waals surface area contributed by atoms with E-state index in [0.717, 1.165) is 13.0 Å². The van der Waals surface area contributed by atoms with E-state index in [4.69, 9.17) is 10.5 Å². The van der Waals surface area contributed by atoms with Gasteiger partial charge in [0.05, 0.1) is 24.2 Å². The van der Waals surface area contributed by atoms with Crippen molar-refractivity contribution in [3.05, 3.63) is 18.2 Å². The van der Waals surface area contributed by atoms with E-state index < -0.39 is 0 Å². The fraction of sp³-hybridized carbons (Fsp3) is 0.786. The number of rotatable bonds is 5. The summed E-state index contributed by atoms with van der Waals surface area (Å²) in [7, 11) is 2.14. The zero-order valence-electron chi connectivity index (χ0n) is 12.4. The van der Waals surface area contributed by atoms with Crippen molar-refractivity contribution in [3.8, 4) is 0 Å². The van der Waals surface area contributed by atoms with Gasteiger partial charge >= 0.3 is 0 Å². The van der Waals surface area contributed by atoms with E-state index in [0.29, 0.717) is 18.6 Å². The summed E-state index contributed by atoms with van der Waals surface area (Å²) in [6.45, 7) is 7.91. The van der Waals surface area contributed by atoms with Gasteiger partial charge in [-0.2, -0.15) is 0 Å². The van der Waals surface area contributed by atoms with Crippen LogP contribution >= 0.6 is 0 Å². The first-order valence-electron chi connectivity index (χ1n) is 7.11.